The summed E-state index contributed by atoms with van der Waals surface area (Å²) in [5, 5.41) is 21.2. The number of carbonyl (C=O) groups excluding carboxylic acids is 1. The van der Waals surface area contributed by atoms with Crippen molar-refractivity contribution in [3.05, 3.63) is 54.7 Å². The number of Topliss-reactive ketones (excluding diaryl/α,β-unsaturated/α-hetero) is 1. The molecule has 34 heavy (non-hydrogen) atoms. The summed E-state index contributed by atoms with van der Waals surface area (Å²) in [7, 11) is 0. The van der Waals surface area contributed by atoms with E-state index in [1.807, 2.05) is 50.2 Å². The van der Waals surface area contributed by atoms with Crippen molar-refractivity contribution in [3.8, 4) is 17.0 Å². The van der Waals surface area contributed by atoms with Gasteiger partial charge in [0.15, 0.2) is 11.4 Å². The summed E-state index contributed by atoms with van der Waals surface area (Å²) in [6.45, 7) is 6.39. The van der Waals surface area contributed by atoms with Crippen LogP contribution in [0.25, 0.3) is 22.3 Å². The lowest BCUT2D eigenvalue weighted by molar-refractivity contribution is -0.134. The third-order valence-electron chi connectivity index (χ3n) is 4.52. The molecule has 0 unspecified atom stereocenters. The molecule has 0 aliphatic carbocycles. The van der Waals surface area contributed by atoms with Gasteiger partial charge in [0.2, 0.25) is 0 Å². The molecule has 4 N–H and O–H groups in total. The van der Waals surface area contributed by atoms with Crippen molar-refractivity contribution < 1.29 is 29.3 Å². The predicted octanol–water partition coefficient (Wildman–Crippen LogP) is 2.91. The number of hydrogen-bond donors (Lipinski definition) is 3. The molecule has 10 nitrogen and oxygen atoms in total. The van der Waals surface area contributed by atoms with E-state index in [0.717, 1.165) is 28.8 Å². The normalized spacial score (nSPS) is 11.2. The van der Waals surface area contributed by atoms with E-state index in [2.05, 4.69) is 10.1 Å². The zero-order valence-corrected chi connectivity index (χ0v) is 19.3. The highest BCUT2D eigenvalue weighted by Crippen LogP contribution is 2.29. The number of carboxylic acid groups (broad SMARTS) is 2. The van der Waals surface area contributed by atoms with E-state index in [-0.39, 0.29) is 17.9 Å². The van der Waals surface area contributed by atoms with E-state index < -0.39 is 11.9 Å². The first kappa shape index (κ1) is 26.2. The molecule has 3 rings (SSSR count). The summed E-state index contributed by atoms with van der Waals surface area (Å²) in [4.78, 5) is 35.0. The number of ketones is 1. The Morgan fingerprint density at radius 3 is 2.24 bits per heavy atom. The molecule has 0 aliphatic rings. The van der Waals surface area contributed by atoms with Crippen LogP contribution in [-0.2, 0) is 20.9 Å². The van der Waals surface area contributed by atoms with Gasteiger partial charge in [0.1, 0.15) is 23.6 Å². The van der Waals surface area contributed by atoms with Gasteiger partial charge in [-0.25, -0.2) is 19.3 Å². The van der Waals surface area contributed by atoms with Crippen LogP contribution in [0.2, 0.25) is 0 Å². The fourth-order valence-corrected chi connectivity index (χ4v) is 3.08. The van der Waals surface area contributed by atoms with Crippen LogP contribution in [0.1, 0.15) is 27.2 Å². The zero-order valence-electron chi connectivity index (χ0n) is 19.3. The number of rotatable bonds is 9. The van der Waals surface area contributed by atoms with Gasteiger partial charge in [0.05, 0.1) is 0 Å². The fraction of sp³-hybridized carbons (Fsp3) is 0.292. The summed E-state index contributed by atoms with van der Waals surface area (Å²) in [6.07, 6.45) is 3.60. The third kappa shape index (κ3) is 7.82. The van der Waals surface area contributed by atoms with Crippen molar-refractivity contribution in [2.75, 3.05) is 6.54 Å². The van der Waals surface area contributed by atoms with Crippen molar-refractivity contribution in [2.45, 2.75) is 39.3 Å². The van der Waals surface area contributed by atoms with E-state index in [0.29, 0.717) is 24.3 Å². The van der Waals surface area contributed by atoms with E-state index in [4.69, 9.17) is 20.7 Å². The van der Waals surface area contributed by atoms with Gasteiger partial charge in [-0.15, -0.1) is 0 Å². The zero-order chi connectivity index (χ0) is 25.3. The Morgan fingerprint density at radius 1 is 1.09 bits per heavy atom. The van der Waals surface area contributed by atoms with Gasteiger partial charge >= 0.3 is 11.9 Å². The molecular formula is C24H28N4O6. The number of fused-ring (bicyclic) bond motifs is 1. The molecule has 0 fully saturated rings. The molecule has 0 amide bonds. The highest BCUT2D eigenvalue weighted by molar-refractivity contribution is 5.92. The number of hydrogen-bond acceptors (Lipinski definition) is 7. The summed E-state index contributed by atoms with van der Waals surface area (Å²) < 4.78 is 7.67. The summed E-state index contributed by atoms with van der Waals surface area (Å²) in [5.74, 6) is -1.69. The third-order valence-corrected chi connectivity index (χ3v) is 4.52. The van der Waals surface area contributed by atoms with Crippen LogP contribution in [0.15, 0.2) is 54.7 Å². The molecule has 0 aliphatic heterocycles. The fourth-order valence-electron chi connectivity index (χ4n) is 3.08. The number of carbonyl (C=O) groups is 3. The largest absolute Gasteiger partial charge is 0.488 e. The summed E-state index contributed by atoms with van der Waals surface area (Å²) in [6, 6.07) is 11.6. The highest BCUT2D eigenvalue weighted by Gasteiger charge is 2.19. The lowest BCUT2D eigenvalue weighted by Gasteiger charge is -2.26. The second-order valence-electron chi connectivity index (χ2n) is 8.02. The van der Waals surface area contributed by atoms with E-state index >= 15 is 0 Å². The Hall–Kier alpha value is -4.05. The molecule has 0 saturated heterocycles. The maximum absolute atomic E-state index is 11.5. The number of aliphatic carboxylic acids is 2. The van der Waals surface area contributed by atoms with Crippen molar-refractivity contribution in [1.82, 2.24) is 14.8 Å². The van der Waals surface area contributed by atoms with E-state index in [1.54, 1.807) is 17.8 Å². The van der Waals surface area contributed by atoms with Crippen LogP contribution in [0.5, 0.6) is 5.75 Å². The second-order valence-corrected chi connectivity index (χ2v) is 8.02. The van der Waals surface area contributed by atoms with Crippen molar-refractivity contribution in [1.29, 1.82) is 0 Å². The minimum absolute atomic E-state index is 0.0393. The van der Waals surface area contributed by atoms with Gasteiger partial charge in [-0.05, 0) is 70.1 Å². The molecule has 3 aromatic rings. The molecule has 0 spiro atoms. The molecule has 0 radical (unpaired) electrons. The summed E-state index contributed by atoms with van der Waals surface area (Å²) in [5.41, 5.74) is 7.80. The first-order valence-electron chi connectivity index (χ1n) is 10.5. The maximum Gasteiger partial charge on any atom is 0.328 e. The average molecular weight is 469 g/mol. The van der Waals surface area contributed by atoms with Crippen LogP contribution in [0.4, 0.5) is 0 Å². The number of nitrogens with two attached hydrogens (primary N) is 1. The molecule has 2 heterocycles. The highest BCUT2D eigenvalue weighted by atomic mass is 16.5. The molecule has 10 heteroatoms. The van der Waals surface area contributed by atoms with Gasteiger partial charge in [-0.3, -0.25) is 4.79 Å². The Kier molecular flexibility index (Phi) is 9.02. The standard InChI is InChI=1S/C20H24N4O2.C4H4O4/c1-14(25)13-24-19-17(5-4-12-22-19)18(23-24)15-6-8-16(9-7-15)26-20(2,3)10-11-21;5-3(6)1-2-4(7)8/h4-9,12H,10-11,13,21H2,1-3H3;1-2H,(H,5,6)(H,7,8). The van der Waals surface area contributed by atoms with Crippen molar-refractivity contribution in [2.24, 2.45) is 5.73 Å². The van der Waals surface area contributed by atoms with E-state index in [1.165, 1.54) is 0 Å². The first-order chi connectivity index (χ1) is 16.0. The average Bonchev–Trinajstić information content (AvgIpc) is 3.11. The topological polar surface area (TPSA) is 158 Å². The van der Waals surface area contributed by atoms with Crippen LogP contribution in [0.3, 0.4) is 0 Å². The van der Waals surface area contributed by atoms with Gasteiger partial charge in [-0.1, -0.05) is 0 Å². The number of ether oxygens (including phenoxy) is 1. The lowest BCUT2D eigenvalue weighted by Crippen LogP contribution is -2.31. The van der Waals surface area contributed by atoms with Crippen LogP contribution in [0, 0.1) is 0 Å². The Balaban J connectivity index is 0.000000440. The molecule has 0 bridgehead atoms. The first-order valence-corrected chi connectivity index (χ1v) is 10.5. The number of aromatic nitrogens is 3. The van der Waals surface area contributed by atoms with Crippen molar-refractivity contribution >= 4 is 28.8 Å². The summed E-state index contributed by atoms with van der Waals surface area (Å²) >= 11 is 0. The van der Waals surface area contributed by atoms with E-state index in [9.17, 15) is 14.4 Å². The maximum atomic E-state index is 11.5. The number of benzene rings is 1. The Morgan fingerprint density at radius 2 is 1.71 bits per heavy atom. The minimum Gasteiger partial charge on any atom is -0.488 e. The van der Waals surface area contributed by atoms with Crippen molar-refractivity contribution in [3.63, 3.8) is 0 Å². The monoisotopic (exact) mass is 468 g/mol. The SMILES string of the molecule is CC(=O)Cn1nc(-c2ccc(OC(C)(C)CCN)cc2)c2cccnc21.O=C(O)C=CC(=O)O. The molecule has 180 valence electrons. The number of nitrogens with zero attached hydrogens (tertiary/aromatic N) is 3. The molecular weight excluding hydrogens is 440 g/mol. The van der Waals surface area contributed by atoms with Gasteiger partial charge in [-0.2, -0.15) is 5.10 Å². The van der Waals surface area contributed by atoms with Gasteiger partial charge in [0, 0.05) is 29.3 Å². The van der Waals surface area contributed by atoms with Gasteiger partial charge in [0.25, 0.3) is 0 Å². The Bertz CT molecular complexity index is 1170. The predicted molar refractivity (Wildman–Crippen MR) is 126 cm³/mol. The molecule has 1 aromatic carbocycles. The molecule has 0 atom stereocenters. The van der Waals surface area contributed by atoms with Crippen LogP contribution in [-0.4, -0.2) is 54.8 Å². The lowest BCUT2D eigenvalue weighted by atomic mass is 10.1. The second kappa shape index (κ2) is 11.7. The number of carboxylic acids is 2. The quantitative estimate of drug-likeness (QED) is 0.401. The van der Waals surface area contributed by atoms with Crippen LogP contribution < -0.4 is 10.5 Å². The smallest absolute Gasteiger partial charge is 0.328 e. The molecule has 2 aromatic heterocycles. The van der Waals surface area contributed by atoms with Crippen LogP contribution >= 0.6 is 0 Å². The minimum atomic E-state index is -1.26. The molecule has 0 saturated carbocycles. The van der Waals surface area contributed by atoms with Gasteiger partial charge < -0.3 is 20.7 Å². The number of pyridine rings is 1. The Labute approximate surface area is 196 Å².